The summed E-state index contributed by atoms with van der Waals surface area (Å²) in [4.78, 5) is 0. The SMILES string of the molecule is C=CC[NH-].C=CC[NH-].[Ca+2]. The summed E-state index contributed by atoms with van der Waals surface area (Å²) in [7, 11) is 0. The molecular formula is C6H12CaN2. The van der Waals surface area contributed by atoms with Crippen molar-refractivity contribution in [2.45, 2.75) is 0 Å². The van der Waals surface area contributed by atoms with Crippen LogP contribution in [0.25, 0.3) is 11.5 Å². The third-order valence-electron chi connectivity index (χ3n) is 0.289. The standard InChI is InChI=1S/2C3H6N.Ca/c2*1-2-3-4;/h2*2,4H,1,3H2;/q2*-1;+2. The summed E-state index contributed by atoms with van der Waals surface area (Å²) in [5.41, 5.74) is 12.7. The molecule has 0 aromatic carbocycles. The van der Waals surface area contributed by atoms with E-state index in [1.54, 1.807) is 12.2 Å². The molecule has 0 amide bonds. The molecule has 0 fully saturated rings. The van der Waals surface area contributed by atoms with Crippen molar-refractivity contribution in [1.82, 2.24) is 0 Å². The van der Waals surface area contributed by atoms with E-state index in [1.807, 2.05) is 0 Å². The monoisotopic (exact) mass is 152 g/mol. The van der Waals surface area contributed by atoms with Gasteiger partial charge in [-0.05, 0) is 0 Å². The van der Waals surface area contributed by atoms with Crippen molar-refractivity contribution in [2.75, 3.05) is 13.1 Å². The fraction of sp³-hybridized carbons (Fsp3) is 0.333. The Hall–Kier alpha value is 0.660. The first-order valence-corrected chi connectivity index (χ1v) is 2.34. The van der Waals surface area contributed by atoms with Gasteiger partial charge in [-0.25, -0.2) is 0 Å². The van der Waals surface area contributed by atoms with E-state index in [0.717, 1.165) is 0 Å². The molecule has 0 saturated heterocycles. The van der Waals surface area contributed by atoms with E-state index in [0.29, 0.717) is 13.1 Å². The van der Waals surface area contributed by atoms with Gasteiger partial charge in [-0.15, -0.1) is 38.4 Å². The van der Waals surface area contributed by atoms with E-state index in [2.05, 4.69) is 13.2 Å². The van der Waals surface area contributed by atoms with Gasteiger partial charge in [0, 0.05) is 0 Å². The molecule has 0 bridgehead atoms. The number of nitrogens with one attached hydrogen (secondary N) is 2. The quantitative estimate of drug-likeness (QED) is 0.429. The van der Waals surface area contributed by atoms with Gasteiger partial charge in [-0.2, -0.15) is 0 Å². The van der Waals surface area contributed by atoms with Crippen molar-refractivity contribution in [3.05, 3.63) is 36.8 Å². The Bertz CT molecular complexity index is 47.0. The third kappa shape index (κ3) is 54.3. The minimum absolute atomic E-state index is 0. The summed E-state index contributed by atoms with van der Waals surface area (Å²) in [5.74, 6) is 0. The Kier molecular flexibility index (Phi) is 42.5. The molecule has 0 heterocycles. The molecular weight excluding hydrogens is 140 g/mol. The first-order chi connectivity index (χ1) is 3.83. The van der Waals surface area contributed by atoms with E-state index < -0.39 is 0 Å². The summed E-state index contributed by atoms with van der Waals surface area (Å²) >= 11 is 0. The van der Waals surface area contributed by atoms with Crippen LogP contribution in [0.2, 0.25) is 0 Å². The number of rotatable bonds is 2. The smallest absolute Gasteiger partial charge is 0.674 e. The van der Waals surface area contributed by atoms with Gasteiger partial charge in [-0.1, -0.05) is 0 Å². The first kappa shape index (κ1) is 16.3. The molecule has 48 valence electrons. The summed E-state index contributed by atoms with van der Waals surface area (Å²) in [6, 6.07) is 0. The van der Waals surface area contributed by atoms with Crippen molar-refractivity contribution in [3.63, 3.8) is 0 Å². The minimum Gasteiger partial charge on any atom is -0.674 e. The van der Waals surface area contributed by atoms with Crippen LogP contribution in [0.4, 0.5) is 0 Å². The van der Waals surface area contributed by atoms with E-state index in [1.165, 1.54) is 0 Å². The Labute approximate surface area is 87.0 Å². The zero-order chi connectivity index (χ0) is 6.83. The Morgan fingerprint density at radius 1 is 1.00 bits per heavy atom. The second-order valence-corrected chi connectivity index (χ2v) is 0.986. The molecule has 0 spiro atoms. The van der Waals surface area contributed by atoms with Crippen LogP contribution in [0, 0.1) is 0 Å². The molecule has 0 atom stereocenters. The van der Waals surface area contributed by atoms with Gasteiger partial charge in [0.25, 0.3) is 0 Å². The van der Waals surface area contributed by atoms with Crippen LogP contribution in [0.5, 0.6) is 0 Å². The molecule has 2 N–H and O–H groups in total. The van der Waals surface area contributed by atoms with Gasteiger partial charge in [0.15, 0.2) is 0 Å². The zero-order valence-electron chi connectivity index (χ0n) is 5.69. The fourth-order valence-corrected chi connectivity index (χ4v) is 0. The molecule has 0 radical (unpaired) electrons. The minimum atomic E-state index is 0. The third-order valence-corrected chi connectivity index (χ3v) is 0.289. The van der Waals surface area contributed by atoms with Crippen molar-refractivity contribution in [1.29, 1.82) is 0 Å². The van der Waals surface area contributed by atoms with Crippen LogP contribution < -0.4 is 0 Å². The molecule has 0 aromatic rings. The van der Waals surface area contributed by atoms with Gasteiger partial charge in [0.2, 0.25) is 0 Å². The Balaban J connectivity index is -0.0000000720. The van der Waals surface area contributed by atoms with Crippen LogP contribution >= 0.6 is 0 Å². The van der Waals surface area contributed by atoms with Crippen molar-refractivity contribution in [3.8, 4) is 0 Å². The van der Waals surface area contributed by atoms with Crippen LogP contribution in [-0.4, -0.2) is 50.8 Å². The van der Waals surface area contributed by atoms with Crippen LogP contribution in [0.1, 0.15) is 0 Å². The molecule has 0 aromatic heterocycles. The Morgan fingerprint density at radius 3 is 1.11 bits per heavy atom. The van der Waals surface area contributed by atoms with E-state index in [9.17, 15) is 0 Å². The number of hydrogen-bond donors (Lipinski definition) is 0. The molecule has 0 aliphatic carbocycles. The second-order valence-electron chi connectivity index (χ2n) is 0.986. The maximum Gasteiger partial charge on any atom is 2.00 e. The van der Waals surface area contributed by atoms with E-state index in [4.69, 9.17) is 11.5 Å². The Morgan fingerprint density at radius 2 is 1.11 bits per heavy atom. The van der Waals surface area contributed by atoms with E-state index in [-0.39, 0.29) is 37.7 Å². The van der Waals surface area contributed by atoms with Crippen molar-refractivity contribution < 1.29 is 0 Å². The first-order valence-electron chi connectivity index (χ1n) is 2.34. The van der Waals surface area contributed by atoms with Crippen LogP contribution in [-0.2, 0) is 0 Å². The normalized spacial score (nSPS) is 5.56. The van der Waals surface area contributed by atoms with Crippen molar-refractivity contribution in [2.24, 2.45) is 0 Å². The predicted molar refractivity (Wildman–Crippen MR) is 44.5 cm³/mol. The maximum atomic E-state index is 6.33. The second kappa shape index (κ2) is 23.4. The summed E-state index contributed by atoms with van der Waals surface area (Å²) in [6.07, 6.45) is 3.08. The molecule has 0 aliphatic rings. The topological polar surface area (TPSA) is 47.6 Å². The largest absolute Gasteiger partial charge is 2.00 e. The molecule has 0 saturated carbocycles. The van der Waals surface area contributed by atoms with Gasteiger partial charge >= 0.3 is 37.7 Å². The molecule has 9 heavy (non-hydrogen) atoms. The summed E-state index contributed by atoms with van der Waals surface area (Å²) in [5, 5.41) is 0. The fourth-order valence-electron chi connectivity index (χ4n) is 0. The molecule has 3 heteroatoms. The van der Waals surface area contributed by atoms with Crippen LogP contribution in [0.3, 0.4) is 0 Å². The molecule has 0 unspecified atom stereocenters. The van der Waals surface area contributed by atoms with Gasteiger partial charge in [0.05, 0.1) is 0 Å². The maximum absolute atomic E-state index is 6.33. The molecule has 0 aliphatic heterocycles. The summed E-state index contributed by atoms with van der Waals surface area (Å²) < 4.78 is 0. The number of hydrogen-bond acceptors (Lipinski definition) is 0. The van der Waals surface area contributed by atoms with E-state index >= 15 is 0 Å². The van der Waals surface area contributed by atoms with Gasteiger partial charge < -0.3 is 11.5 Å². The zero-order valence-corrected chi connectivity index (χ0v) is 7.90. The van der Waals surface area contributed by atoms with Crippen LogP contribution in [0.15, 0.2) is 25.3 Å². The average Bonchev–Trinajstić information content (AvgIpc) is 1.88. The summed E-state index contributed by atoms with van der Waals surface area (Å²) in [6.45, 7) is 7.25. The molecule has 2 nitrogen and oxygen atoms in total. The van der Waals surface area contributed by atoms with Crippen molar-refractivity contribution >= 4 is 37.7 Å². The van der Waals surface area contributed by atoms with Gasteiger partial charge in [0.1, 0.15) is 0 Å². The predicted octanol–water partition coefficient (Wildman–Crippen LogP) is 2.07. The average molecular weight is 152 g/mol. The molecule has 0 rings (SSSR count). The van der Waals surface area contributed by atoms with Gasteiger partial charge in [-0.3, -0.25) is 0 Å².